The molecule has 0 amide bonds. The first-order valence-corrected chi connectivity index (χ1v) is 7.13. The van der Waals surface area contributed by atoms with Crippen molar-refractivity contribution in [2.75, 3.05) is 13.7 Å². The van der Waals surface area contributed by atoms with E-state index in [2.05, 4.69) is 5.32 Å². The minimum atomic E-state index is 0.485. The molecule has 2 heteroatoms. The fourth-order valence-electron chi connectivity index (χ4n) is 4.37. The lowest BCUT2D eigenvalue weighted by molar-refractivity contribution is 0.0826. The van der Waals surface area contributed by atoms with Gasteiger partial charge in [0.25, 0.3) is 0 Å². The Balaban J connectivity index is 1.46. The van der Waals surface area contributed by atoms with Gasteiger partial charge in [0.2, 0.25) is 0 Å². The maximum Gasteiger partial charge on any atom is 0.0724 e. The lowest BCUT2D eigenvalue weighted by Gasteiger charge is -2.26. The Morgan fingerprint density at radius 3 is 2.75 bits per heavy atom. The smallest absolute Gasteiger partial charge is 0.0724 e. The Morgan fingerprint density at radius 2 is 2.06 bits per heavy atom. The highest BCUT2D eigenvalue weighted by Crippen LogP contribution is 2.48. The summed E-state index contributed by atoms with van der Waals surface area (Å²) in [6, 6.07) is 0.643. The maximum atomic E-state index is 5.54. The Morgan fingerprint density at radius 1 is 1.12 bits per heavy atom. The quantitative estimate of drug-likeness (QED) is 0.791. The number of methoxy groups -OCH3 is 1. The van der Waals surface area contributed by atoms with Crippen LogP contribution < -0.4 is 5.32 Å². The minimum Gasteiger partial charge on any atom is -0.380 e. The minimum absolute atomic E-state index is 0.485. The average Bonchev–Trinajstić information content (AvgIpc) is 3.01. The Labute approximate surface area is 99.1 Å². The van der Waals surface area contributed by atoms with Gasteiger partial charge in [-0.3, -0.25) is 0 Å². The van der Waals surface area contributed by atoms with E-state index in [1.54, 1.807) is 0 Å². The molecule has 3 saturated carbocycles. The van der Waals surface area contributed by atoms with Gasteiger partial charge in [-0.15, -0.1) is 0 Å². The van der Waals surface area contributed by atoms with Crippen LogP contribution in [0.2, 0.25) is 0 Å². The van der Waals surface area contributed by atoms with Crippen molar-refractivity contribution in [3.8, 4) is 0 Å². The first-order valence-electron chi connectivity index (χ1n) is 7.13. The van der Waals surface area contributed by atoms with E-state index >= 15 is 0 Å². The molecule has 3 aliphatic carbocycles. The summed E-state index contributed by atoms with van der Waals surface area (Å²) in [4.78, 5) is 0. The second-order valence-electron chi connectivity index (χ2n) is 6.15. The molecule has 0 saturated heterocycles. The largest absolute Gasteiger partial charge is 0.380 e. The van der Waals surface area contributed by atoms with E-state index in [0.717, 1.165) is 17.8 Å². The molecule has 5 unspecified atom stereocenters. The molecule has 0 aromatic carbocycles. The molecule has 2 bridgehead atoms. The second kappa shape index (κ2) is 4.66. The third-order valence-corrected chi connectivity index (χ3v) is 5.28. The van der Waals surface area contributed by atoms with Gasteiger partial charge in [0, 0.05) is 13.2 Å². The van der Waals surface area contributed by atoms with Crippen LogP contribution in [-0.2, 0) is 4.74 Å². The van der Waals surface area contributed by atoms with Crippen LogP contribution in [-0.4, -0.2) is 25.8 Å². The van der Waals surface area contributed by atoms with Crippen LogP contribution in [0.15, 0.2) is 0 Å². The molecular formula is C14H25NO. The molecule has 3 fully saturated rings. The number of ether oxygens (including phenoxy) is 1. The van der Waals surface area contributed by atoms with Gasteiger partial charge >= 0.3 is 0 Å². The Hall–Kier alpha value is -0.0800. The van der Waals surface area contributed by atoms with Gasteiger partial charge in [0.15, 0.2) is 0 Å². The number of nitrogens with one attached hydrogen (secondary N) is 1. The summed E-state index contributed by atoms with van der Waals surface area (Å²) in [5, 5.41) is 3.78. The highest BCUT2D eigenvalue weighted by atomic mass is 16.5. The lowest BCUT2D eigenvalue weighted by Crippen LogP contribution is -2.40. The highest BCUT2D eigenvalue weighted by Gasteiger charge is 2.39. The van der Waals surface area contributed by atoms with Gasteiger partial charge < -0.3 is 10.1 Å². The molecule has 2 nitrogen and oxygen atoms in total. The Bertz CT molecular complexity index is 237. The van der Waals surface area contributed by atoms with Crippen molar-refractivity contribution in [2.45, 2.75) is 57.1 Å². The predicted molar refractivity (Wildman–Crippen MR) is 65.4 cm³/mol. The number of rotatable bonds is 4. The number of hydrogen-bond acceptors (Lipinski definition) is 2. The van der Waals surface area contributed by atoms with Gasteiger partial charge in [-0.05, 0) is 62.8 Å². The third-order valence-electron chi connectivity index (χ3n) is 5.28. The predicted octanol–water partition coefficient (Wildman–Crippen LogP) is 2.58. The van der Waals surface area contributed by atoms with Crippen LogP contribution >= 0.6 is 0 Å². The van der Waals surface area contributed by atoms with E-state index in [-0.39, 0.29) is 0 Å². The highest BCUT2D eigenvalue weighted by molar-refractivity contribution is 4.92. The normalized spacial score (nSPS) is 46.7. The van der Waals surface area contributed by atoms with Crippen LogP contribution in [0.3, 0.4) is 0 Å². The van der Waals surface area contributed by atoms with Crippen LogP contribution in [0.25, 0.3) is 0 Å². The molecule has 16 heavy (non-hydrogen) atoms. The molecule has 3 aliphatic rings. The molecular weight excluding hydrogens is 198 g/mol. The van der Waals surface area contributed by atoms with Crippen molar-refractivity contribution in [2.24, 2.45) is 17.8 Å². The van der Waals surface area contributed by atoms with E-state index < -0.39 is 0 Å². The van der Waals surface area contributed by atoms with Crippen molar-refractivity contribution in [3.63, 3.8) is 0 Å². The number of hydrogen-bond donors (Lipinski definition) is 1. The molecule has 0 aromatic rings. The second-order valence-corrected chi connectivity index (χ2v) is 6.15. The van der Waals surface area contributed by atoms with Crippen molar-refractivity contribution < 1.29 is 4.74 Å². The van der Waals surface area contributed by atoms with Crippen LogP contribution in [0.1, 0.15) is 44.9 Å². The first kappa shape index (κ1) is 11.0. The molecule has 0 aromatic heterocycles. The zero-order valence-electron chi connectivity index (χ0n) is 10.5. The molecule has 0 aliphatic heterocycles. The van der Waals surface area contributed by atoms with Gasteiger partial charge in [0.1, 0.15) is 0 Å². The topological polar surface area (TPSA) is 21.3 Å². The average molecular weight is 223 g/mol. The summed E-state index contributed by atoms with van der Waals surface area (Å²) < 4.78 is 5.54. The van der Waals surface area contributed by atoms with Crippen molar-refractivity contribution in [3.05, 3.63) is 0 Å². The van der Waals surface area contributed by atoms with E-state index in [0.29, 0.717) is 12.1 Å². The Kier molecular flexibility index (Phi) is 3.21. The third kappa shape index (κ3) is 2.02. The molecule has 3 rings (SSSR count). The SMILES string of the molecule is COC1CCCC1NCC1CC2CCC1C2. The zero-order valence-corrected chi connectivity index (χ0v) is 10.5. The summed E-state index contributed by atoms with van der Waals surface area (Å²) in [6.07, 6.45) is 10.5. The summed E-state index contributed by atoms with van der Waals surface area (Å²) in [7, 11) is 1.86. The van der Waals surface area contributed by atoms with Gasteiger partial charge in [0.05, 0.1) is 6.10 Å². The van der Waals surface area contributed by atoms with Crippen LogP contribution in [0.5, 0.6) is 0 Å². The monoisotopic (exact) mass is 223 g/mol. The standard InChI is InChI=1S/C14H25NO/c1-16-14-4-2-3-13(14)15-9-12-8-10-5-6-11(12)7-10/h10-15H,2-9H2,1H3. The fraction of sp³-hybridized carbons (Fsp3) is 1.00. The molecule has 5 atom stereocenters. The molecule has 92 valence electrons. The fourth-order valence-corrected chi connectivity index (χ4v) is 4.37. The number of fused-ring (bicyclic) bond motifs is 2. The van der Waals surface area contributed by atoms with Crippen LogP contribution in [0, 0.1) is 17.8 Å². The van der Waals surface area contributed by atoms with Crippen molar-refractivity contribution in [1.82, 2.24) is 5.32 Å². The van der Waals surface area contributed by atoms with E-state index in [4.69, 9.17) is 4.74 Å². The lowest BCUT2D eigenvalue weighted by atomic mass is 9.88. The van der Waals surface area contributed by atoms with Gasteiger partial charge in [-0.2, -0.15) is 0 Å². The molecule has 0 radical (unpaired) electrons. The van der Waals surface area contributed by atoms with E-state index in [1.165, 1.54) is 51.5 Å². The maximum absolute atomic E-state index is 5.54. The van der Waals surface area contributed by atoms with Gasteiger partial charge in [-0.1, -0.05) is 6.42 Å². The molecule has 0 spiro atoms. The van der Waals surface area contributed by atoms with Crippen LogP contribution in [0.4, 0.5) is 0 Å². The molecule has 1 N–H and O–H groups in total. The van der Waals surface area contributed by atoms with E-state index in [9.17, 15) is 0 Å². The van der Waals surface area contributed by atoms with Crippen molar-refractivity contribution in [1.29, 1.82) is 0 Å². The zero-order chi connectivity index (χ0) is 11.0. The molecule has 0 heterocycles. The summed E-state index contributed by atoms with van der Waals surface area (Å²) in [5.41, 5.74) is 0. The van der Waals surface area contributed by atoms with Gasteiger partial charge in [-0.25, -0.2) is 0 Å². The van der Waals surface area contributed by atoms with E-state index in [1.807, 2.05) is 7.11 Å². The first-order chi connectivity index (χ1) is 7.86. The summed E-state index contributed by atoms with van der Waals surface area (Å²) in [5.74, 6) is 3.12. The van der Waals surface area contributed by atoms with Crippen molar-refractivity contribution >= 4 is 0 Å². The summed E-state index contributed by atoms with van der Waals surface area (Å²) in [6.45, 7) is 1.26. The summed E-state index contributed by atoms with van der Waals surface area (Å²) >= 11 is 0.